The number of halogens is 3. The Hall–Kier alpha value is -3.36. The molecule has 0 radical (unpaired) electrons. The Labute approximate surface area is 143 Å². The molecule has 0 aliphatic heterocycles. The predicted octanol–water partition coefficient (Wildman–Crippen LogP) is 4.82. The zero-order valence-electron chi connectivity index (χ0n) is 13.2. The Balaban J connectivity index is 2.09. The number of nitro groups is 1. The van der Waals surface area contributed by atoms with Crippen LogP contribution in [0.4, 0.5) is 18.9 Å². The van der Waals surface area contributed by atoms with E-state index in [-0.39, 0.29) is 11.3 Å². The Bertz CT molecular complexity index is 1070. The molecule has 0 spiro atoms. The molecular formula is C17H10F3NO5. The van der Waals surface area contributed by atoms with Crippen LogP contribution >= 0.6 is 0 Å². The van der Waals surface area contributed by atoms with Gasteiger partial charge in [0.2, 0.25) is 5.75 Å². The monoisotopic (exact) mass is 365 g/mol. The highest BCUT2D eigenvalue weighted by Crippen LogP contribution is 2.38. The van der Waals surface area contributed by atoms with Crippen LogP contribution in [-0.2, 0) is 6.18 Å². The summed E-state index contributed by atoms with van der Waals surface area (Å²) < 4.78 is 48.9. The van der Waals surface area contributed by atoms with Crippen molar-refractivity contribution in [3.8, 4) is 11.5 Å². The van der Waals surface area contributed by atoms with Gasteiger partial charge in [-0.2, -0.15) is 13.2 Å². The fraction of sp³-hybridized carbons (Fsp3) is 0.118. The summed E-state index contributed by atoms with van der Waals surface area (Å²) in [4.78, 5) is 21.7. The number of hydrogen-bond acceptors (Lipinski definition) is 5. The molecule has 0 saturated carbocycles. The Morgan fingerprint density at radius 1 is 1.12 bits per heavy atom. The van der Waals surface area contributed by atoms with Gasteiger partial charge in [-0.15, -0.1) is 0 Å². The first-order valence-electron chi connectivity index (χ1n) is 7.23. The van der Waals surface area contributed by atoms with Crippen LogP contribution in [0.1, 0.15) is 11.1 Å². The van der Waals surface area contributed by atoms with Crippen LogP contribution in [0.25, 0.3) is 11.0 Å². The molecule has 1 heterocycles. The van der Waals surface area contributed by atoms with Gasteiger partial charge in [-0.3, -0.25) is 10.1 Å². The highest BCUT2D eigenvalue weighted by molar-refractivity contribution is 5.81. The highest BCUT2D eigenvalue weighted by atomic mass is 19.4. The maximum atomic E-state index is 12.9. The number of alkyl halides is 3. The standard InChI is InChI=1S/C17H10F3NO5/c1-9-6-16(22)26-14-8-11(3-4-12(9)14)25-15-7-10(17(18,19)20)2-5-13(15)21(23)24/h2-8H,1H3. The van der Waals surface area contributed by atoms with Gasteiger partial charge in [-0.1, -0.05) is 0 Å². The first-order valence-corrected chi connectivity index (χ1v) is 7.23. The second kappa shape index (κ2) is 6.17. The summed E-state index contributed by atoms with van der Waals surface area (Å²) in [6.07, 6.45) is -4.68. The summed E-state index contributed by atoms with van der Waals surface area (Å²) in [5, 5.41) is 11.7. The number of nitrogens with zero attached hydrogens (tertiary/aromatic N) is 1. The van der Waals surface area contributed by atoms with Crippen LogP contribution < -0.4 is 10.4 Å². The first-order chi connectivity index (χ1) is 12.1. The molecule has 0 N–H and O–H groups in total. The lowest BCUT2D eigenvalue weighted by Gasteiger charge is -2.11. The van der Waals surface area contributed by atoms with Gasteiger partial charge in [-0.05, 0) is 30.7 Å². The third kappa shape index (κ3) is 3.37. The molecule has 0 unspecified atom stereocenters. The summed E-state index contributed by atoms with van der Waals surface area (Å²) >= 11 is 0. The molecule has 0 saturated heterocycles. The molecule has 0 amide bonds. The van der Waals surface area contributed by atoms with Crippen molar-refractivity contribution in [3.05, 3.63) is 74.1 Å². The quantitative estimate of drug-likeness (QED) is 0.377. The normalized spacial score (nSPS) is 11.5. The van der Waals surface area contributed by atoms with E-state index in [1.807, 2.05) is 0 Å². The molecule has 0 atom stereocenters. The molecule has 0 bridgehead atoms. The van der Waals surface area contributed by atoms with Crippen LogP contribution in [0, 0.1) is 17.0 Å². The van der Waals surface area contributed by atoms with Gasteiger partial charge in [-0.25, -0.2) is 4.79 Å². The fourth-order valence-electron chi connectivity index (χ4n) is 2.42. The molecule has 134 valence electrons. The number of hydrogen-bond donors (Lipinski definition) is 0. The first kappa shape index (κ1) is 17.5. The number of aryl methyl sites for hydroxylation is 1. The third-order valence-electron chi connectivity index (χ3n) is 3.63. The second-order valence-electron chi connectivity index (χ2n) is 5.45. The van der Waals surface area contributed by atoms with Crippen LogP contribution in [0.15, 0.2) is 51.7 Å². The summed E-state index contributed by atoms with van der Waals surface area (Å²) in [6.45, 7) is 1.69. The van der Waals surface area contributed by atoms with E-state index in [0.29, 0.717) is 23.1 Å². The number of nitro benzene ring substituents is 1. The summed E-state index contributed by atoms with van der Waals surface area (Å²) in [5.74, 6) is -0.576. The summed E-state index contributed by atoms with van der Waals surface area (Å²) in [7, 11) is 0. The molecule has 3 rings (SSSR count). The van der Waals surface area contributed by atoms with Gasteiger partial charge in [0, 0.05) is 29.7 Å². The second-order valence-corrected chi connectivity index (χ2v) is 5.45. The minimum absolute atomic E-state index is 0.00586. The van der Waals surface area contributed by atoms with Gasteiger partial charge in [0.1, 0.15) is 11.3 Å². The summed E-state index contributed by atoms with van der Waals surface area (Å²) in [6, 6.07) is 7.42. The van der Waals surface area contributed by atoms with Crippen molar-refractivity contribution in [2.75, 3.05) is 0 Å². The lowest BCUT2D eigenvalue weighted by Crippen LogP contribution is -2.06. The van der Waals surface area contributed by atoms with E-state index in [2.05, 4.69) is 0 Å². The molecule has 9 heteroatoms. The SMILES string of the molecule is Cc1cc(=O)oc2cc(Oc3cc(C(F)(F)F)ccc3[N+](=O)[O-])ccc12. The predicted molar refractivity (Wildman–Crippen MR) is 85.4 cm³/mol. The van der Waals surface area contributed by atoms with Crippen LogP contribution in [0.2, 0.25) is 0 Å². The van der Waals surface area contributed by atoms with Crippen LogP contribution in [-0.4, -0.2) is 4.92 Å². The maximum absolute atomic E-state index is 12.9. The topological polar surface area (TPSA) is 82.6 Å². The molecule has 0 fully saturated rings. The maximum Gasteiger partial charge on any atom is 0.416 e. The van der Waals surface area contributed by atoms with E-state index in [0.717, 1.165) is 6.07 Å². The van der Waals surface area contributed by atoms with Gasteiger partial charge in [0.25, 0.3) is 0 Å². The molecule has 2 aromatic carbocycles. The Morgan fingerprint density at radius 3 is 2.50 bits per heavy atom. The average Bonchev–Trinajstić information content (AvgIpc) is 2.53. The molecular weight excluding hydrogens is 355 g/mol. The van der Waals surface area contributed by atoms with Gasteiger partial charge in [0.05, 0.1) is 10.5 Å². The lowest BCUT2D eigenvalue weighted by atomic mass is 10.1. The van der Waals surface area contributed by atoms with Crippen molar-refractivity contribution in [1.82, 2.24) is 0 Å². The van der Waals surface area contributed by atoms with Gasteiger partial charge in [0.15, 0.2) is 0 Å². The van der Waals surface area contributed by atoms with Crippen molar-refractivity contribution < 1.29 is 27.2 Å². The van der Waals surface area contributed by atoms with Crippen molar-refractivity contribution in [2.45, 2.75) is 13.1 Å². The number of benzene rings is 2. The van der Waals surface area contributed by atoms with E-state index >= 15 is 0 Å². The van der Waals surface area contributed by atoms with Crippen molar-refractivity contribution >= 4 is 16.7 Å². The minimum atomic E-state index is -4.68. The number of ether oxygens (including phenoxy) is 1. The summed E-state index contributed by atoms with van der Waals surface area (Å²) in [5.41, 5.74) is -1.50. The van der Waals surface area contributed by atoms with Crippen LogP contribution in [0.3, 0.4) is 0 Å². The van der Waals surface area contributed by atoms with Gasteiger partial charge >= 0.3 is 17.5 Å². The smallest absolute Gasteiger partial charge is 0.416 e. The molecule has 6 nitrogen and oxygen atoms in total. The molecule has 0 aliphatic carbocycles. The van der Waals surface area contributed by atoms with E-state index in [1.165, 1.54) is 18.2 Å². The fourth-order valence-corrected chi connectivity index (χ4v) is 2.42. The van der Waals surface area contributed by atoms with Crippen LogP contribution in [0.5, 0.6) is 11.5 Å². The van der Waals surface area contributed by atoms with Gasteiger partial charge < -0.3 is 9.15 Å². The number of rotatable bonds is 3. The zero-order chi connectivity index (χ0) is 19.1. The van der Waals surface area contributed by atoms with E-state index in [4.69, 9.17) is 9.15 Å². The van der Waals surface area contributed by atoms with Crippen molar-refractivity contribution in [1.29, 1.82) is 0 Å². The molecule has 26 heavy (non-hydrogen) atoms. The minimum Gasteiger partial charge on any atom is -0.450 e. The van der Waals surface area contributed by atoms with E-state index in [1.54, 1.807) is 13.0 Å². The molecule has 0 aliphatic rings. The van der Waals surface area contributed by atoms with E-state index < -0.39 is 33.7 Å². The molecule has 1 aromatic heterocycles. The number of fused-ring (bicyclic) bond motifs is 1. The Morgan fingerprint density at radius 2 is 1.85 bits per heavy atom. The van der Waals surface area contributed by atoms with Crippen molar-refractivity contribution in [3.63, 3.8) is 0 Å². The Kier molecular flexibility index (Phi) is 4.15. The zero-order valence-corrected chi connectivity index (χ0v) is 13.2. The third-order valence-corrected chi connectivity index (χ3v) is 3.63. The van der Waals surface area contributed by atoms with E-state index in [9.17, 15) is 28.1 Å². The lowest BCUT2D eigenvalue weighted by molar-refractivity contribution is -0.385. The largest absolute Gasteiger partial charge is 0.450 e. The highest BCUT2D eigenvalue weighted by Gasteiger charge is 2.33. The average molecular weight is 365 g/mol. The molecule has 3 aromatic rings. The van der Waals surface area contributed by atoms with Crippen molar-refractivity contribution in [2.24, 2.45) is 0 Å².